The van der Waals surface area contributed by atoms with E-state index in [9.17, 15) is 9.59 Å². The Morgan fingerprint density at radius 2 is 1.85 bits per heavy atom. The lowest BCUT2D eigenvalue weighted by Crippen LogP contribution is -2.51. The second-order valence-electron chi connectivity index (χ2n) is 4.94. The molecule has 0 aliphatic rings. The van der Waals surface area contributed by atoms with Gasteiger partial charge in [-0.05, 0) is 31.5 Å². The molecule has 0 atom stereocenters. The van der Waals surface area contributed by atoms with E-state index in [1.54, 1.807) is 12.1 Å². The van der Waals surface area contributed by atoms with Crippen molar-refractivity contribution in [3.8, 4) is 0 Å². The zero-order chi connectivity index (χ0) is 15.3. The van der Waals surface area contributed by atoms with Crippen LogP contribution in [0.15, 0.2) is 24.3 Å². The fourth-order valence-electron chi connectivity index (χ4n) is 1.39. The first-order valence-electron chi connectivity index (χ1n) is 6.07. The van der Waals surface area contributed by atoms with Crippen LogP contribution in [0.4, 0.5) is 0 Å². The Morgan fingerprint density at radius 3 is 2.35 bits per heavy atom. The van der Waals surface area contributed by atoms with E-state index in [1.807, 2.05) is 12.1 Å². The number of benzene rings is 1. The maximum Gasteiger partial charge on any atom is 0.329 e. The van der Waals surface area contributed by atoms with Crippen molar-refractivity contribution in [2.75, 3.05) is 12.8 Å². The number of hydrogen-bond donors (Lipinski definition) is 1. The third-order valence-electron chi connectivity index (χ3n) is 3.14. The molecule has 1 aromatic carbocycles. The molecule has 1 rings (SSSR count). The normalized spacial score (nSPS) is 11.2. The minimum absolute atomic E-state index is 0.198. The molecule has 0 aliphatic carbocycles. The maximum atomic E-state index is 12.0. The van der Waals surface area contributed by atoms with E-state index in [4.69, 9.17) is 16.7 Å². The zero-order valence-electron chi connectivity index (χ0n) is 11.7. The molecule has 110 valence electrons. The number of hydrogen-bond acceptors (Lipinski definition) is 3. The van der Waals surface area contributed by atoms with Gasteiger partial charge in [0.05, 0.1) is 5.75 Å². The third kappa shape index (κ3) is 4.42. The number of likely N-dealkylation sites (N-methyl/N-ethyl adjacent to an activating group) is 1. The van der Waals surface area contributed by atoms with Crippen LogP contribution in [-0.4, -0.2) is 40.2 Å². The van der Waals surface area contributed by atoms with Crippen LogP contribution >= 0.6 is 23.4 Å². The van der Waals surface area contributed by atoms with E-state index in [0.29, 0.717) is 10.8 Å². The van der Waals surface area contributed by atoms with Gasteiger partial charge in [-0.1, -0.05) is 23.7 Å². The highest BCUT2D eigenvalue weighted by atomic mass is 35.5. The van der Waals surface area contributed by atoms with Gasteiger partial charge in [-0.2, -0.15) is 0 Å². The van der Waals surface area contributed by atoms with Crippen LogP contribution in [0.5, 0.6) is 0 Å². The van der Waals surface area contributed by atoms with Crippen LogP contribution in [0.2, 0.25) is 5.02 Å². The van der Waals surface area contributed by atoms with Crippen molar-refractivity contribution in [2.45, 2.75) is 25.1 Å². The molecule has 20 heavy (non-hydrogen) atoms. The number of aliphatic carboxylic acids is 1. The van der Waals surface area contributed by atoms with E-state index in [-0.39, 0.29) is 11.7 Å². The van der Waals surface area contributed by atoms with Crippen molar-refractivity contribution >= 4 is 35.2 Å². The number of nitrogens with zero attached hydrogens (tertiary/aromatic N) is 1. The molecule has 1 aromatic rings. The van der Waals surface area contributed by atoms with Gasteiger partial charge in [-0.25, -0.2) is 4.79 Å². The van der Waals surface area contributed by atoms with Gasteiger partial charge in [-0.3, -0.25) is 4.79 Å². The number of amides is 1. The van der Waals surface area contributed by atoms with Gasteiger partial charge in [-0.15, -0.1) is 11.8 Å². The first-order chi connectivity index (χ1) is 9.25. The summed E-state index contributed by atoms with van der Waals surface area (Å²) in [6.45, 7) is 3.02. The van der Waals surface area contributed by atoms with Crippen LogP contribution in [-0.2, 0) is 15.3 Å². The fraction of sp³-hybridized carbons (Fsp3) is 0.429. The first kappa shape index (κ1) is 16.9. The molecule has 1 N–H and O–H groups in total. The molecule has 4 nitrogen and oxygen atoms in total. The minimum atomic E-state index is -1.20. The topological polar surface area (TPSA) is 57.6 Å². The van der Waals surface area contributed by atoms with Crippen molar-refractivity contribution in [1.82, 2.24) is 4.90 Å². The number of halogens is 1. The monoisotopic (exact) mass is 315 g/mol. The molecule has 0 saturated carbocycles. The molecule has 0 aromatic heterocycles. The summed E-state index contributed by atoms with van der Waals surface area (Å²) in [5.41, 5.74) is -0.120. The summed E-state index contributed by atoms with van der Waals surface area (Å²) in [7, 11) is 1.51. The first-order valence-corrected chi connectivity index (χ1v) is 7.60. The summed E-state index contributed by atoms with van der Waals surface area (Å²) in [5, 5.41) is 9.76. The van der Waals surface area contributed by atoms with Crippen molar-refractivity contribution in [1.29, 1.82) is 0 Å². The molecule has 6 heteroatoms. The Labute approximate surface area is 128 Å². The van der Waals surface area contributed by atoms with Crippen molar-refractivity contribution in [3.63, 3.8) is 0 Å². The van der Waals surface area contributed by atoms with E-state index in [0.717, 1.165) is 5.56 Å². The van der Waals surface area contributed by atoms with Gasteiger partial charge in [0.1, 0.15) is 5.54 Å². The number of carbonyl (C=O) groups excluding carboxylic acids is 1. The SMILES string of the molecule is CN(C(=O)CSCc1ccc(Cl)cc1)C(C)(C)C(=O)O. The molecule has 0 aliphatic heterocycles. The van der Waals surface area contributed by atoms with E-state index < -0.39 is 11.5 Å². The zero-order valence-corrected chi connectivity index (χ0v) is 13.3. The standard InChI is InChI=1S/C14H18ClNO3S/c1-14(2,13(18)19)16(3)12(17)9-20-8-10-4-6-11(15)7-5-10/h4-7H,8-9H2,1-3H3,(H,18,19). The van der Waals surface area contributed by atoms with Crippen LogP contribution in [0.25, 0.3) is 0 Å². The van der Waals surface area contributed by atoms with Gasteiger partial charge in [0.2, 0.25) is 5.91 Å². The average Bonchev–Trinajstić information content (AvgIpc) is 2.39. The minimum Gasteiger partial charge on any atom is -0.480 e. The Balaban J connectivity index is 2.47. The van der Waals surface area contributed by atoms with Crippen LogP contribution in [0.1, 0.15) is 19.4 Å². The molecule has 0 spiro atoms. The second kappa shape index (κ2) is 6.99. The Kier molecular flexibility index (Phi) is 5.89. The Bertz CT molecular complexity index is 488. The predicted molar refractivity (Wildman–Crippen MR) is 82.1 cm³/mol. The van der Waals surface area contributed by atoms with Gasteiger partial charge in [0, 0.05) is 17.8 Å². The number of rotatable bonds is 6. The number of thioether (sulfide) groups is 1. The van der Waals surface area contributed by atoms with E-state index in [1.165, 1.54) is 37.6 Å². The number of carboxylic acids is 1. The third-order valence-corrected chi connectivity index (χ3v) is 4.38. The van der Waals surface area contributed by atoms with Crippen LogP contribution in [0, 0.1) is 0 Å². The molecule has 0 bridgehead atoms. The summed E-state index contributed by atoms with van der Waals surface area (Å²) in [4.78, 5) is 24.3. The molecule has 0 unspecified atom stereocenters. The Hall–Kier alpha value is -1.20. The lowest BCUT2D eigenvalue weighted by molar-refractivity contribution is -0.154. The quantitative estimate of drug-likeness (QED) is 0.877. The van der Waals surface area contributed by atoms with Gasteiger partial charge < -0.3 is 10.0 Å². The lowest BCUT2D eigenvalue weighted by atomic mass is 10.0. The summed E-state index contributed by atoms with van der Waals surface area (Å²) < 4.78 is 0. The average molecular weight is 316 g/mol. The number of carbonyl (C=O) groups is 2. The maximum absolute atomic E-state index is 12.0. The lowest BCUT2D eigenvalue weighted by Gasteiger charge is -2.31. The van der Waals surface area contributed by atoms with Crippen molar-refractivity contribution < 1.29 is 14.7 Å². The number of carboxylic acid groups (broad SMARTS) is 1. The highest BCUT2D eigenvalue weighted by molar-refractivity contribution is 7.99. The summed E-state index contributed by atoms with van der Waals surface area (Å²) >= 11 is 7.24. The predicted octanol–water partition coefficient (Wildman–Crippen LogP) is 2.89. The summed E-state index contributed by atoms with van der Waals surface area (Å²) in [6, 6.07) is 7.42. The van der Waals surface area contributed by atoms with Crippen molar-refractivity contribution in [3.05, 3.63) is 34.9 Å². The van der Waals surface area contributed by atoms with E-state index >= 15 is 0 Å². The molecule has 0 radical (unpaired) electrons. The van der Waals surface area contributed by atoms with Crippen LogP contribution < -0.4 is 0 Å². The highest BCUT2D eigenvalue weighted by Gasteiger charge is 2.34. The Morgan fingerprint density at radius 1 is 1.30 bits per heavy atom. The molecule has 0 fully saturated rings. The molecular weight excluding hydrogens is 298 g/mol. The second-order valence-corrected chi connectivity index (χ2v) is 6.36. The van der Waals surface area contributed by atoms with Crippen molar-refractivity contribution in [2.24, 2.45) is 0 Å². The van der Waals surface area contributed by atoms with E-state index in [2.05, 4.69) is 0 Å². The highest BCUT2D eigenvalue weighted by Crippen LogP contribution is 2.18. The van der Waals surface area contributed by atoms with Gasteiger partial charge in [0.25, 0.3) is 0 Å². The molecule has 1 amide bonds. The van der Waals surface area contributed by atoms with Gasteiger partial charge >= 0.3 is 5.97 Å². The summed E-state index contributed by atoms with van der Waals surface area (Å²) in [5.74, 6) is -0.285. The smallest absolute Gasteiger partial charge is 0.329 e. The molecular formula is C14H18ClNO3S. The fourth-order valence-corrected chi connectivity index (χ4v) is 2.41. The van der Waals surface area contributed by atoms with Gasteiger partial charge in [0.15, 0.2) is 0 Å². The van der Waals surface area contributed by atoms with Crippen LogP contribution in [0.3, 0.4) is 0 Å². The molecule has 0 saturated heterocycles. The molecule has 0 heterocycles. The largest absolute Gasteiger partial charge is 0.480 e. The summed E-state index contributed by atoms with van der Waals surface area (Å²) in [6.07, 6.45) is 0.